The first-order valence-corrected chi connectivity index (χ1v) is 15.0. The van der Waals surface area contributed by atoms with Crippen molar-refractivity contribution in [1.82, 2.24) is 10.1 Å². The van der Waals surface area contributed by atoms with Crippen LogP contribution in [0, 0.1) is 17.2 Å². The fourth-order valence-electron chi connectivity index (χ4n) is 4.18. The molecule has 0 unspecified atom stereocenters. The molecular weight excluding hydrogens is 567 g/mol. The van der Waals surface area contributed by atoms with Crippen LogP contribution in [0.2, 0.25) is 0 Å². The lowest BCUT2D eigenvalue weighted by molar-refractivity contribution is -0.146. The number of carbonyl (C=O) groups excluding carboxylic acids is 1. The second-order valence-corrected chi connectivity index (χ2v) is 11.3. The third-order valence-electron chi connectivity index (χ3n) is 6.74. The number of hydrogen-bond acceptors (Lipinski definition) is 13. The number of nitrogens with two attached hydrogens (primary N) is 1. The van der Waals surface area contributed by atoms with E-state index in [2.05, 4.69) is 21.8 Å². The Balaban J connectivity index is 1.80. The standard InChI is InChI=1S/C27H37N6O8P/c1-5-11-21-25(29)30-17-31-33(21)27(16-28)24(35)23(34)22(40-27)15-39-42(37,41-20-12-9-8-10-13-20)32-18(4)26(36)38-14-19(6-2)7-3/h5,8-13,17-19,22-24,34-35H,1,6-7,14-15H2,2-4H3,(H,32,37)(H2,29,30,31)/b21-11-/t18-,22+,23+,24+,27+,42-/m0/s1. The summed E-state index contributed by atoms with van der Waals surface area (Å²) in [5.41, 5.74) is 3.76. The normalized spacial score (nSPS) is 26.8. The number of aliphatic hydroxyl groups excluding tert-OH is 2. The first-order chi connectivity index (χ1) is 20.0. The van der Waals surface area contributed by atoms with E-state index < -0.39 is 50.4 Å². The van der Waals surface area contributed by atoms with Crippen molar-refractivity contribution in [3.63, 3.8) is 0 Å². The molecule has 3 rings (SSSR count). The molecule has 0 bridgehead atoms. The quantitative estimate of drug-likeness (QED) is 0.178. The molecule has 0 saturated carbocycles. The summed E-state index contributed by atoms with van der Waals surface area (Å²) >= 11 is 0. The summed E-state index contributed by atoms with van der Waals surface area (Å²) in [7, 11) is -4.34. The molecule has 2 heterocycles. The molecule has 6 atom stereocenters. The van der Waals surface area contributed by atoms with E-state index in [1.54, 1.807) is 18.2 Å². The average Bonchev–Trinajstić information content (AvgIpc) is 3.23. The topological polar surface area (TPSA) is 201 Å². The van der Waals surface area contributed by atoms with E-state index in [9.17, 15) is 24.8 Å². The number of ether oxygens (including phenoxy) is 2. The molecule has 2 aliphatic heterocycles. The SMILES string of the molecule is C=C/C=C1/C(N)=NC=NN1[C@]1(C#N)O[C@H](CO[P@@](=O)(N[C@@H](C)C(=O)OCC(CC)CC)Oc2ccccc2)[C@@H](O)[C@H]1O. The van der Waals surface area contributed by atoms with Crippen LogP contribution < -0.4 is 15.3 Å². The molecule has 228 valence electrons. The highest BCUT2D eigenvalue weighted by Crippen LogP contribution is 2.46. The number of hydrazone groups is 1. The largest absolute Gasteiger partial charge is 0.464 e. The van der Waals surface area contributed by atoms with Crippen LogP contribution in [0.1, 0.15) is 33.6 Å². The van der Waals surface area contributed by atoms with E-state index in [0.717, 1.165) is 24.2 Å². The molecule has 0 aliphatic carbocycles. The third kappa shape index (κ3) is 7.43. The highest BCUT2D eigenvalue weighted by molar-refractivity contribution is 7.52. The zero-order valence-electron chi connectivity index (χ0n) is 23.7. The van der Waals surface area contributed by atoms with Crippen molar-refractivity contribution in [1.29, 1.82) is 5.26 Å². The molecule has 0 spiro atoms. The molecular formula is C27H37N6O8P. The Morgan fingerprint density at radius 1 is 1.36 bits per heavy atom. The van der Waals surface area contributed by atoms with Gasteiger partial charge in [0.2, 0.25) is 0 Å². The van der Waals surface area contributed by atoms with Gasteiger partial charge in [-0.25, -0.2) is 14.6 Å². The van der Waals surface area contributed by atoms with E-state index in [1.165, 1.54) is 31.2 Å². The molecule has 0 radical (unpaired) electrons. The summed E-state index contributed by atoms with van der Waals surface area (Å²) in [5.74, 6) is -0.353. The summed E-state index contributed by atoms with van der Waals surface area (Å²) in [6.07, 6.45) is 0.549. The monoisotopic (exact) mass is 604 g/mol. The van der Waals surface area contributed by atoms with E-state index in [4.69, 9.17) is 24.3 Å². The molecule has 1 saturated heterocycles. The highest BCUT2D eigenvalue weighted by Gasteiger charge is 2.60. The summed E-state index contributed by atoms with van der Waals surface area (Å²) in [6, 6.07) is 8.83. The minimum Gasteiger partial charge on any atom is -0.464 e. The lowest BCUT2D eigenvalue weighted by atomic mass is 10.0. The van der Waals surface area contributed by atoms with Crippen molar-refractivity contribution < 1.29 is 38.1 Å². The van der Waals surface area contributed by atoms with E-state index >= 15 is 0 Å². The van der Waals surface area contributed by atoms with Crippen molar-refractivity contribution >= 4 is 25.9 Å². The minimum atomic E-state index is -4.34. The predicted molar refractivity (Wildman–Crippen MR) is 154 cm³/mol. The number of rotatable bonds is 14. The van der Waals surface area contributed by atoms with Crippen molar-refractivity contribution in [3.8, 4) is 11.8 Å². The maximum atomic E-state index is 13.9. The van der Waals surface area contributed by atoms with Gasteiger partial charge >= 0.3 is 13.7 Å². The van der Waals surface area contributed by atoms with Gasteiger partial charge in [0, 0.05) is 0 Å². The molecule has 1 aromatic rings. The summed E-state index contributed by atoms with van der Waals surface area (Å²) in [4.78, 5) is 16.5. The van der Waals surface area contributed by atoms with E-state index in [1.807, 2.05) is 19.9 Å². The zero-order chi connectivity index (χ0) is 30.9. The van der Waals surface area contributed by atoms with Crippen LogP contribution in [0.3, 0.4) is 0 Å². The highest BCUT2D eigenvalue weighted by atomic mass is 31.2. The number of nitrogens with one attached hydrogen (secondary N) is 1. The number of esters is 1. The number of aliphatic imine (C=N–C) groups is 1. The van der Waals surface area contributed by atoms with Gasteiger partial charge in [0.05, 0.1) is 13.2 Å². The number of nitrogens with zero attached hydrogens (tertiary/aromatic N) is 4. The van der Waals surface area contributed by atoms with Crippen molar-refractivity contribution in [2.75, 3.05) is 13.2 Å². The number of hydrogen-bond donors (Lipinski definition) is 4. The first kappa shape index (κ1) is 32.9. The molecule has 14 nitrogen and oxygen atoms in total. The molecule has 15 heteroatoms. The lowest BCUT2D eigenvalue weighted by Crippen LogP contribution is -2.55. The van der Waals surface area contributed by atoms with Crippen molar-refractivity contribution in [2.24, 2.45) is 21.7 Å². The van der Waals surface area contributed by atoms with Crippen LogP contribution in [-0.2, 0) is 23.4 Å². The molecule has 0 amide bonds. The maximum Gasteiger partial charge on any atom is 0.459 e. The van der Waals surface area contributed by atoms with Gasteiger partial charge in [-0.15, -0.1) is 0 Å². The molecule has 2 aliphatic rings. The molecule has 0 aromatic heterocycles. The summed E-state index contributed by atoms with van der Waals surface area (Å²) < 4.78 is 36.3. The zero-order valence-corrected chi connectivity index (χ0v) is 24.6. The van der Waals surface area contributed by atoms with Crippen molar-refractivity contribution in [2.45, 2.75) is 63.7 Å². The Kier molecular flexibility index (Phi) is 11.4. The number of allylic oxidation sites excluding steroid dienone is 2. The fraction of sp³-hybridized carbons (Fsp3) is 0.481. The summed E-state index contributed by atoms with van der Waals surface area (Å²) in [5, 5.41) is 39.4. The molecule has 5 N–H and O–H groups in total. The Labute approximate surface area is 244 Å². The maximum absolute atomic E-state index is 13.9. The van der Waals surface area contributed by atoms with Crippen LogP contribution in [0.15, 0.2) is 64.9 Å². The van der Waals surface area contributed by atoms with Crippen molar-refractivity contribution in [3.05, 3.63) is 54.8 Å². The number of benzene rings is 1. The van der Waals surface area contributed by atoms with Gasteiger partial charge in [0.15, 0.2) is 5.84 Å². The Bertz CT molecular complexity index is 1280. The van der Waals surface area contributed by atoms with E-state index in [-0.39, 0.29) is 29.8 Å². The van der Waals surface area contributed by atoms with Crippen LogP contribution >= 0.6 is 7.75 Å². The van der Waals surface area contributed by atoms with E-state index in [0.29, 0.717) is 0 Å². The first-order valence-electron chi connectivity index (χ1n) is 13.4. The number of nitriles is 1. The van der Waals surface area contributed by atoms with Gasteiger partial charge in [-0.05, 0) is 31.1 Å². The molecule has 1 aromatic carbocycles. The fourth-order valence-corrected chi connectivity index (χ4v) is 5.68. The summed E-state index contributed by atoms with van der Waals surface area (Å²) in [6.45, 7) is 8.60. The molecule has 42 heavy (non-hydrogen) atoms. The molecule has 1 fully saturated rings. The average molecular weight is 605 g/mol. The smallest absolute Gasteiger partial charge is 0.459 e. The van der Waals surface area contributed by atoms with Crippen LogP contribution in [0.25, 0.3) is 0 Å². The Morgan fingerprint density at radius 2 is 2.05 bits per heavy atom. The van der Waals surface area contributed by atoms with Gasteiger partial charge in [-0.2, -0.15) is 15.5 Å². The number of amidine groups is 1. The third-order valence-corrected chi connectivity index (χ3v) is 8.38. The van der Waals surface area contributed by atoms with Gasteiger partial charge < -0.3 is 29.9 Å². The minimum absolute atomic E-state index is 0.0421. The number of para-hydroxylation sites is 1. The number of aliphatic hydroxyl groups is 2. The van der Waals surface area contributed by atoms with Crippen LogP contribution in [0.4, 0.5) is 0 Å². The lowest BCUT2D eigenvalue weighted by Gasteiger charge is -2.36. The van der Waals surface area contributed by atoms with Crippen LogP contribution in [0.5, 0.6) is 5.75 Å². The number of carbonyl (C=O) groups is 1. The Hall–Kier alpha value is -3.57. The van der Waals surface area contributed by atoms with Crippen LogP contribution in [-0.4, -0.2) is 76.7 Å². The van der Waals surface area contributed by atoms with Gasteiger partial charge in [-0.1, -0.05) is 57.5 Å². The predicted octanol–water partition coefficient (Wildman–Crippen LogP) is 2.17. The van der Waals surface area contributed by atoms with Gasteiger partial charge in [-0.3, -0.25) is 9.32 Å². The second kappa shape index (κ2) is 14.6. The van der Waals surface area contributed by atoms with Gasteiger partial charge in [0.25, 0.3) is 5.72 Å². The van der Waals surface area contributed by atoms with Gasteiger partial charge in [0.1, 0.15) is 48.2 Å². The second-order valence-electron chi connectivity index (χ2n) is 9.61. The Morgan fingerprint density at radius 3 is 2.67 bits per heavy atom.